The number of benzene rings is 2. The van der Waals surface area contributed by atoms with E-state index in [1.807, 2.05) is 57.2 Å². The zero-order valence-corrected chi connectivity index (χ0v) is 18.3. The van der Waals surface area contributed by atoms with E-state index in [2.05, 4.69) is 15.5 Å². The van der Waals surface area contributed by atoms with Crippen molar-refractivity contribution in [1.29, 1.82) is 0 Å². The average molecular weight is 439 g/mol. The quantitative estimate of drug-likeness (QED) is 0.564. The minimum Gasteiger partial charge on any atom is -0.494 e. The Morgan fingerprint density at radius 2 is 1.84 bits per heavy atom. The Hall–Kier alpha value is -3.32. The van der Waals surface area contributed by atoms with Gasteiger partial charge in [0.1, 0.15) is 5.75 Å². The Balaban J connectivity index is 1.76. The first-order valence-electron chi connectivity index (χ1n) is 10.1. The Kier molecular flexibility index (Phi) is 5.95. The van der Waals surface area contributed by atoms with E-state index < -0.39 is 6.04 Å². The minimum absolute atomic E-state index is 0.167. The molecule has 31 heavy (non-hydrogen) atoms. The van der Waals surface area contributed by atoms with Crippen LogP contribution < -0.4 is 10.1 Å². The van der Waals surface area contributed by atoms with Crippen molar-refractivity contribution in [2.24, 2.45) is 0 Å². The van der Waals surface area contributed by atoms with Crippen LogP contribution in [-0.4, -0.2) is 34.2 Å². The molecule has 0 spiro atoms. The molecular formula is C23H23ClN4O3. The van der Waals surface area contributed by atoms with Crippen LogP contribution in [0.2, 0.25) is 5.02 Å². The van der Waals surface area contributed by atoms with E-state index in [4.69, 9.17) is 20.9 Å². The van der Waals surface area contributed by atoms with Crippen LogP contribution in [-0.2, 0) is 0 Å². The average Bonchev–Trinajstić information content (AvgIpc) is 3.24. The van der Waals surface area contributed by atoms with Crippen LogP contribution in [0.3, 0.4) is 0 Å². The normalized spacial score (nSPS) is 16.5. The van der Waals surface area contributed by atoms with Gasteiger partial charge in [0.05, 0.1) is 18.2 Å². The Labute approximate surface area is 185 Å². The molecule has 0 saturated heterocycles. The molecule has 3 aromatic rings. The lowest BCUT2D eigenvalue weighted by Crippen LogP contribution is -2.45. The highest BCUT2D eigenvalue weighted by Gasteiger charge is 2.35. The smallest absolute Gasteiger partial charge is 0.322 e. The molecular weight excluding hydrogens is 416 g/mol. The molecule has 2 amide bonds. The molecule has 0 bridgehead atoms. The summed E-state index contributed by atoms with van der Waals surface area (Å²) < 4.78 is 11.2. The largest absolute Gasteiger partial charge is 0.494 e. The molecule has 0 fully saturated rings. The number of allylic oxidation sites excluding steroid dienone is 1. The van der Waals surface area contributed by atoms with Crippen LogP contribution in [0.15, 0.2) is 58.8 Å². The van der Waals surface area contributed by atoms with Gasteiger partial charge in [0.25, 0.3) is 5.89 Å². The second-order valence-corrected chi connectivity index (χ2v) is 7.49. The van der Waals surface area contributed by atoms with Crippen molar-refractivity contribution in [3.8, 4) is 17.1 Å². The van der Waals surface area contributed by atoms with E-state index in [1.165, 1.54) is 0 Å². The Bertz CT molecular complexity index is 1110. The summed E-state index contributed by atoms with van der Waals surface area (Å²) in [5.74, 6) is 1.59. The number of rotatable bonds is 6. The fourth-order valence-corrected chi connectivity index (χ4v) is 3.79. The third-order valence-corrected chi connectivity index (χ3v) is 5.45. The summed E-state index contributed by atoms with van der Waals surface area (Å²) in [5, 5.41) is 7.85. The highest BCUT2D eigenvalue weighted by molar-refractivity contribution is 6.30. The van der Waals surface area contributed by atoms with E-state index in [0.29, 0.717) is 29.9 Å². The molecule has 2 aromatic carbocycles. The van der Waals surface area contributed by atoms with Gasteiger partial charge in [-0.25, -0.2) is 4.79 Å². The molecule has 1 unspecified atom stereocenters. The van der Waals surface area contributed by atoms with E-state index in [0.717, 1.165) is 28.1 Å². The highest BCUT2D eigenvalue weighted by Crippen LogP contribution is 2.37. The number of hydrogen-bond donors (Lipinski definition) is 1. The first-order valence-corrected chi connectivity index (χ1v) is 10.5. The molecule has 0 radical (unpaired) electrons. The lowest BCUT2D eigenvalue weighted by atomic mass is 9.94. The van der Waals surface area contributed by atoms with Gasteiger partial charge in [-0.15, -0.1) is 0 Å². The van der Waals surface area contributed by atoms with Gasteiger partial charge in [0.2, 0.25) is 5.82 Å². The second-order valence-electron chi connectivity index (χ2n) is 7.06. The number of urea groups is 1. The maximum atomic E-state index is 12.7. The standard InChI is InChI=1S/C23H23ClN4O3/c1-4-28-14(3)19(22-26-21(27-31-22)16-6-10-17(24)11-7-16)20(25-23(28)29)15-8-12-18(13-9-15)30-5-2/h6-13,20H,4-5H2,1-3H3,(H,25,29). The van der Waals surface area contributed by atoms with Crippen LogP contribution in [0.4, 0.5) is 4.79 Å². The van der Waals surface area contributed by atoms with Crippen molar-refractivity contribution in [2.45, 2.75) is 26.8 Å². The summed E-state index contributed by atoms with van der Waals surface area (Å²) in [7, 11) is 0. The molecule has 4 rings (SSSR count). The molecule has 0 aliphatic carbocycles. The number of hydrogen-bond acceptors (Lipinski definition) is 5. The van der Waals surface area contributed by atoms with E-state index >= 15 is 0 Å². The van der Waals surface area contributed by atoms with Gasteiger partial charge in [-0.3, -0.25) is 4.90 Å². The molecule has 1 N–H and O–H groups in total. The van der Waals surface area contributed by atoms with Crippen LogP contribution in [0.25, 0.3) is 17.0 Å². The maximum absolute atomic E-state index is 12.7. The predicted octanol–water partition coefficient (Wildman–Crippen LogP) is 5.31. The van der Waals surface area contributed by atoms with Crippen molar-refractivity contribution in [3.63, 3.8) is 0 Å². The second kappa shape index (κ2) is 8.81. The van der Waals surface area contributed by atoms with Gasteiger partial charge in [-0.1, -0.05) is 28.9 Å². The third-order valence-electron chi connectivity index (χ3n) is 5.20. The van der Waals surface area contributed by atoms with Crippen molar-refractivity contribution in [3.05, 3.63) is 70.7 Å². The van der Waals surface area contributed by atoms with Crippen molar-refractivity contribution in [2.75, 3.05) is 13.2 Å². The lowest BCUT2D eigenvalue weighted by Gasteiger charge is -2.34. The van der Waals surface area contributed by atoms with Gasteiger partial charge in [-0.2, -0.15) is 4.98 Å². The molecule has 1 atom stereocenters. The van der Waals surface area contributed by atoms with Crippen LogP contribution in [0, 0.1) is 0 Å². The number of amides is 2. The maximum Gasteiger partial charge on any atom is 0.322 e. The number of carbonyl (C=O) groups excluding carboxylic acids is 1. The number of aromatic nitrogens is 2. The number of ether oxygens (including phenoxy) is 1. The molecule has 7 nitrogen and oxygen atoms in total. The molecule has 0 saturated carbocycles. The van der Waals surface area contributed by atoms with Gasteiger partial charge in [0.15, 0.2) is 0 Å². The monoisotopic (exact) mass is 438 g/mol. The van der Waals surface area contributed by atoms with Crippen molar-refractivity contribution < 1.29 is 14.1 Å². The topological polar surface area (TPSA) is 80.5 Å². The molecule has 160 valence electrons. The fourth-order valence-electron chi connectivity index (χ4n) is 3.66. The van der Waals surface area contributed by atoms with Crippen LogP contribution in [0.5, 0.6) is 5.75 Å². The van der Waals surface area contributed by atoms with Crippen LogP contribution in [0.1, 0.15) is 38.3 Å². The predicted molar refractivity (Wildman–Crippen MR) is 119 cm³/mol. The van der Waals surface area contributed by atoms with E-state index in [-0.39, 0.29) is 6.03 Å². The molecule has 2 heterocycles. The number of nitrogens with one attached hydrogen (secondary N) is 1. The van der Waals surface area contributed by atoms with Crippen molar-refractivity contribution >= 4 is 23.2 Å². The zero-order chi connectivity index (χ0) is 22.0. The van der Waals surface area contributed by atoms with E-state index in [9.17, 15) is 4.79 Å². The molecule has 8 heteroatoms. The number of halogens is 1. The van der Waals surface area contributed by atoms with Crippen molar-refractivity contribution in [1.82, 2.24) is 20.4 Å². The molecule has 1 aliphatic heterocycles. The van der Waals surface area contributed by atoms with Gasteiger partial charge in [-0.05, 0) is 62.7 Å². The zero-order valence-electron chi connectivity index (χ0n) is 17.6. The summed E-state index contributed by atoms with van der Waals surface area (Å²) in [6.07, 6.45) is 0. The summed E-state index contributed by atoms with van der Waals surface area (Å²) in [4.78, 5) is 19.0. The Morgan fingerprint density at radius 1 is 1.13 bits per heavy atom. The third kappa shape index (κ3) is 4.14. The first kappa shape index (κ1) is 20.9. The highest BCUT2D eigenvalue weighted by atomic mass is 35.5. The van der Waals surface area contributed by atoms with Gasteiger partial charge >= 0.3 is 6.03 Å². The summed E-state index contributed by atoms with van der Waals surface area (Å²) >= 11 is 5.98. The van der Waals surface area contributed by atoms with Crippen LogP contribution >= 0.6 is 11.6 Å². The van der Waals surface area contributed by atoms with Gasteiger partial charge < -0.3 is 14.6 Å². The minimum atomic E-state index is -0.426. The SMILES string of the molecule is CCOc1ccc(C2NC(=O)N(CC)C(C)=C2c2nc(-c3ccc(Cl)cc3)no2)cc1. The number of nitrogens with zero attached hydrogens (tertiary/aromatic N) is 3. The fraction of sp³-hybridized carbons (Fsp3) is 0.261. The lowest BCUT2D eigenvalue weighted by molar-refractivity contribution is 0.207. The summed E-state index contributed by atoms with van der Waals surface area (Å²) in [5.41, 5.74) is 3.23. The van der Waals surface area contributed by atoms with Gasteiger partial charge in [0, 0.05) is 22.8 Å². The molecule has 1 aromatic heterocycles. The summed E-state index contributed by atoms with van der Waals surface area (Å²) in [6.45, 7) is 6.86. The Morgan fingerprint density at radius 3 is 2.48 bits per heavy atom. The summed E-state index contributed by atoms with van der Waals surface area (Å²) in [6, 6.07) is 14.3. The number of carbonyl (C=O) groups is 1. The molecule has 1 aliphatic rings. The first-order chi connectivity index (χ1) is 15.0. The van der Waals surface area contributed by atoms with E-state index in [1.54, 1.807) is 17.0 Å².